The van der Waals surface area contributed by atoms with Crippen molar-refractivity contribution >= 4 is 21.8 Å². The Morgan fingerprint density at radius 1 is 0.957 bits per heavy atom. The van der Waals surface area contributed by atoms with Gasteiger partial charge in [-0.3, -0.25) is 0 Å². The molecular formula is C19H18N4. The normalized spacial score (nSPS) is 11.0. The minimum absolute atomic E-state index is 0.443. The van der Waals surface area contributed by atoms with Crippen LogP contribution in [0.5, 0.6) is 0 Å². The van der Waals surface area contributed by atoms with Crippen molar-refractivity contribution in [1.29, 1.82) is 10.5 Å². The van der Waals surface area contributed by atoms with Gasteiger partial charge in [0.1, 0.15) is 0 Å². The topological polar surface area (TPSA) is 64.5 Å². The number of nitrogens with one attached hydrogen (secondary N) is 1. The lowest BCUT2D eigenvalue weighted by atomic mass is 10.1. The van der Waals surface area contributed by atoms with E-state index in [9.17, 15) is 0 Å². The van der Waals surface area contributed by atoms with E-state index in [-0.39, 0.29) is 0 Å². The van der Waals surface area contributed by atoms with Crippen LogP contribution in [0.2, 0.25) is 0 Å². The molecule has 3 aromatic rings. The lowest BCUT2D eigenvalue weighted by Gasteiger charge is -2.11. The molecule has 0 aliphatic rings. The summed E-state index contributed by atoms with van der Waals surface area (Å²) in [6.07, 6.45) is 0. The van der Waals surface area contributed by atoms with Crippen molar-refractivity contribution < 1.29 is 0 Å². The van der Waals surface area contributed by atoms with Gasteiger partial charge in [-0.05, 0) is 36.4 Å². The van der Waals surface area contributed by atoms with Gasteiger partial charge in [0.15, 0.2) is 0 Å². The van der Waals surface area contributed by atoms with E-state index in [1.165, 1.54) is 0 Å². The molecule has 1 heterocycles. The smallest absolute Gasteiger partial charge is 0.0991 e. The molecule has 23 heavy (non-hydrogen) atoms. The molecule has 3 rings (SSSR count). The van der Waals surface area contributed by atoms with Gasteiger partial charge in [-0.15, -0.1) is 0 Å². The standard InChI is InChI=1S/C19H18N4/c1-13(2)22-7-8-23-18-5-3-14(11-20)9-16(18)17-10-15(12-21)4-6-19(17)23/h3-6,9-10,13,22H,7-8H2,1-2H3. The first-order valence-corrected chi connectivity index (χ1v) is 7.73. The Morgan fingerprint density at radius 2 is 1.48 bits per heavy atom. The third kappa shape index (κ3) is 2.77. The highest BCUT2D eigenvalue weighted by Gasteiger charge is 2.12. The molecule has 2 aromatic carbocycles. The first kappa shape index (κ1) is 15.1. The average Bonchev–Trinajstić information content (AvgIpc) is 2.87. The Labute approximate surface area is 135 Å². The van der Waals surface area contributed by atoms with Crippen LogP contribution >= 0.6 is 0 Å². The summed E-state index contributed by atoms with van der Waals surface area (Å²) in [7, 11) is 0. The molecule has 0 saturated carbocycles. The van der Waals surface area contributed by atoms with E-state index in [4.69, 9.17) is 10.5 Å². The maximum atomic E-state index is 9.16. The summed E-state index contributed by atoms with van der Waals surface area (Å²) in [6.45, 7) is 5.97. The van der Waals surface area contributed by atoms with Crippen LogP contribution in [0.3, 0.4) is 0 Å². The molecule has 0 fully saturated rings. The van der Waals surface area contributed by atoms with Gasteiger partial charge < -0.3 is 9.88 Å². The maximum absolute atomic E-state index is 9.16. The second kappa shape index (κ2) is 6.12. The lowest BCUT2D eigenvalue weighted by Crippen LogP contribution is -2.26. The molecule has 1 aromatic heterocycles. The SMILES string of the molecule is CC(C)NCCn1c2ccc(C#N)cc2c2cc(C#N)ccc21. The molecule has 0 aliphatic heterocycles. The summed E-state index contributed by atoms with van der Waals surface area (Å²) in [4.78, 5) is 0. The molecule has 0 amide bonds. The summed E-state index contributed by atoms with van der Waals surface area (Å²) in [6, 6.07) is 16.3. The van der Waals surface area contributed by atoms with E-state index in [1.807, 2.05) is 36.4 Å². The number of hydrogen-bond acceptors (Lipinski definition) is 3. The van der Waals surface area contributed by atoms with E-state index in [0.717, 1.165) is 34.9 Å². The molecule has 114 valence electrons. The molecule has 0 unspecified atom stereocenters. The fraction of sp³-hybridized carbons (Fsp3) is 0.263. The Balaban J connectivity index is 2.20. The Hall–Kier alpha value is -2.82. The van der Waals surface area contributed by atoms with Gasteiger partial charge in [-0.1, -0.05) is 13.8 Å². The number of benzene rings is 2. The summed E-state index contributed by atoms with van der Waals surface area (Å²) in [5.74, 6) is 0. The number of nitrogens with zero attached hydrogens (tertiary/aromatic N) is 3. The average molecular weight is 302 g/mol. The van der Waals surface area contributed by atoms with Gasteiger partial charge in [-0.2, -0.15) is 10.5 Å². The van der Waals surface area contributed by atoms with Crippen LogP contribution in [0, 0.1) is 22.7 Å². The van der Waals surface area contributed by atoms with E-state index in [2.05, 4.69) is 35.9 Å². The van der Waals surface area contributed by atoms with Gasteiger partial charge in [0, 0.05) is 40.9 Å². The molecule has 0 spiro atoms. The van der Waals surface area contributed by atoms with Gasteiger partial charge in [0.25, 0.3) is 0 Å². The predicted octanol–water partition coefficient (Wildman–Crippen LogP) is 3.54. The zero-order valence-corrected chi connectivity index (χ0v) is 13.3. The second-order valence-corrected chi connectivity index (χ2v) is 5.95. The molecular weight excluding hydrogens is 284 g/mol. The van der Waals surface area contributed by atoms with Gasteiger partial charge in [0.2, 0.25) is 0 Å². The van der Waals surface area contributed by atoms with E-state index in [1.54, 1.807) is 0 Å². The first-order chi connectivity index (χ1) is 11.1. The minimum atomic E-state index is 0.443. The monoisotopic (exact) mass is 302 g/mol. The van der Waals surface area contributed by atoms with Crippen LogP contribution in [-0.2, 0) is 6.54 Å². The molecule has 0 atom stereocenters. The van der Waals surface area contributed by atoms with Crippen molar-refractivity contribution in [3.63, 3.8) is 0 Å². The number of fused-ring (bicyclic) bond motifs is 3. The van der Waals surface area contributed by atoms with Crippen molar-refractivity contribution in [1.82, 2.24) is 9.88 Å². The van der Waals surface area contributed by atoms with E-state index in [0.29, 0.717) is 17.2 Å². The molecule has 0 aliphatic carbocycles. The molecule has 4 heteroatoms. The number of hydrogen-bond donors (Lipinski definition) is 1. The van der Waals surface area contributed by atoms with E-state index >= 15 is 0 Å². The zero-order valence-electron chi connectivity index (χ0n) is 13.3. The van der Waals surface area contributed by atoms with Crippen molar-refractivity contribution in [2.75, 3.05) is 6.54 Å². The van der Waals surface area contributed by atoms with Gasteiger partial charge in [0.05, 0.1) is 23.3 Å². The zero-order chi connectivity index (χ0) is 16.4. The number of rotatable bonds is 4. The molecule has 1 N–H and O–H groups in total. The van der Waals surface area contributed by atoms with Crippen LogP contribution in [0.25, 0.3) is 21.8 Å². The summed E-state index contributed by atoms with van der Waals surface area (Å²) >= 11 is 0. The largest absolute Gasteiger partial charge is 0.339 e. The fourth-order valence-corrected chi connectivity index (χ4v) is 2.95. The molecule has 0 radical (unpaired) electrons. The quantitative estimate of drug-likeness (QED) is 0.801. The van der Waals surface area contributed by atoms with Crippen molar-refractivity contribution in [2.24, 2.45) is 0 Å². The van der Waals surface area contributed by atoms with Gasteiger partial charge >= 0.3 is 0 Å². The fourth-order valence-electron chi connectivity index (χ4n) is 2.95. The Bertz CT molecular complexity index is 880. The van der Waals surface area contributed by atoms with Crippen LogP contribution in [-0.4, -0.2) is 17.2 Å². The van der Waals surface area contributed by atoms with Crippen LogP contribution in [0.15, 0.2) is 36.4 Å². The number of aromatic nitrogens is 1. The predicted molar refractivity (Wildman–Crippen MR) is 92.0 cm³/mol. The third-order valence-corrected chi connectivity index (χ3v) is 4.01. The third-order valence-electron chi connectivity index (χ3n) is 4.01. The summed E-state index contributed by atoms with van der Waals surface area (Å²) in [5, 5.41) is 23.8. The summed E-state index contributed by atoms with van der Waals surface area (Å²) < 4.78 is 2.25. The van der Waals surface area contributed by atoms with Gasteiger partial charge in [-0.25, -0.2) is 0 Å². The summed E-state index contributed by atoms with van der Waals surface area (Å²) in [5.41, 5.74) is 3.47. The number of nitriles is 2. The van der Waals surface area contributed by atoms with Crippen LogP contribution in [0.1, 0.15) is 25.0 Å². The highest BCUT2D eigenvalue weighted by Crippen LogP contribution is 2.30. The lowest BCUT2D eigenvalue weighted by molar-refractivity contribution is 0.553. The van der Waals surface area contributed by atoms with E-state index < -0.39 is 0 Å². The highest BCUT2D eigenvalue weighted by atomic mass is 15.0. The Kier molecular flexibility index (Phi) is 4.02. The molecule has 0 saturated heterocycles. The minimum Gasteiger partial charge on any atom is -0.339 e. The Morgan fingerprint density at radius 3 is 1.91 bits per heavy atom. The van der Waals surface area contributed by atoms with Crippen molar-refractivity contribution in [3.05, 3.63) is 47.5 Å². The molecule has 4 nitrogen and oxygen atoms in total. The molecule has 0 bridgehead atoms. The van der Waals surface area contributed by atoms with Crippen LogP contribution in [0.4, 0.5) is 0 Å². The van der Waals surface area contributed by atoms with Crippen molar-refractivity contribution in [3.8, 4) is 12.1 Å². The first-order valence-electron chi connectivity index (χ1n) is 7.73. The second-order valence-electron chi connectivity index (χ2n) is 5.95. The van der Waals surface area contributed by atoms with Crippen LogP contribution < -0.4 is 5.32 Å². The van der Waals surface area contributed by atoms with Crippen molar-refractivity contribution in [2.45, 2.75) is 26.4 Å². The highest BCUT2D eigenvalue weighted by molar-refractivity contribution is 6.08. The maximum Gasteiger partial charge on any atom is 0.0991 e.